The van der Waals surface area contributed by atoms with Crippen LogP contribution in [0.25, 0.3) is 0 Å². The number of rotatable bonds is 20. The second-order valence-corrected chi connectivity index (χ2v) is 11.0. The molecule has 0 aliphatic heterocycles. The number of nitrogens with one attached hydrogen (secondary N) is 1. The molecule has 0 bridgehead atoms. The van der Waals surface area contributed by atoms with E-state index in [1.807, 2.05) is 0 Å². The number of amides is 1. The van der Waals surface area contributed by atoms with E-state index in [1.54, 1.807) is 0 Å². The van der Waals surface area contributed by atoms with Gasteiger partial charge in [-0.3, -0.25) is 4.79 Å². The van der Waals surface area contributed by atoms with E-state index >= 15 is 0 Å². The first-order valence-electron chi connectivity index (χ1n) is 12.6. The van der Waals surface area contributed by atoms with Crippen molar-refractivity contribution in [2.75, 3.05) is 12.1 Å². The van der Waals surface area contributed by atoms with E-state index in [4.69, 9.17) is 0 Å². The first kappa shape index (κ1) is 27.1. The summed E-state index contributed by atoms with van der Waals surface area (Å²) >= 11 is 0. The highest BCUT2D eigenvalue weighted by Gasteiger charge is 2.13. The number of carbonyl (C=O) groups is 1. The van der Waals surface area contributed by atoms with Gasteiger partial charge >= 0.3 is 0 Å². The van der Waals surface area contributed by atoms with E-state index in [1.165, 1.54) is 95.5 Å². The van der Waals surface area contributed by atoms with Gasteiger partial charge in [0.25, 0.3) is 0 Å². The molecule has 1 amide bonds. The van der Waals surface area contributed by atoms with Crippen molar-refractivity contribution in [3.05, 3.63) is 35.9 Å². The average Bonchev–Trinajstić information content (AvgIpc) is 2.75. The molecule has 0 heterocycles. The van der Waals surface area contributed by atoms with Gasteiger partial charge in [0.1, 0.15) is 5.75 Å². The molecule has 30 heavy (non-hydrogen) atoms. The Kier molecular flexibility index (Phi) is 18.0. The van der Waals surface area contributed by atoms with Crippen LogP contribution < -0.4 is 5.32 Å². The molecule has 0 radical (unpaired) electrons. The van der Waals surface area contributed by atoms with Crippen LogP contribution in [0, 0.1) is 0 Å². The minimum absolute atomic E-state index is 0.208. The van der Waals surface area contributed by atoms with Crippen molar-refractivity contribution in [3.63, 3.8) is 0 Å². The number of hydrogen-bond donors (Lipinski definition) is 1. The number of carbonyl (C=O) groups excluding carboxylic acids is 1. The molecule has 0 saturated heterocycles. The van der Waals surface area contributed by atoms with E-state index in [-0.39, 0.29) is 16.8 Å². The third-order valence-electron chi connectivity index (χ3n) is 5.78. The molecule has 0 aliphatic rings. The summed E-state index contributed by atoms with van der Waals surface area (Å²) in [5.74, 6) is 2.10. The van der Waals surface area contributed by atoms with Crippen LogP contribution in [0.4, 0.5) is 0 Å². The van der Waals surface area contributed by atoms with Gasteiger partial charge in [-0.2, -0.15) is 0 Å². The molecule has 1 aromatic carbocycles. The Balaban J connectivity index is 1.81. The van der Waals surface area contributed by atoms with Gasteiger partial charge in [0.15, 0.2) is 5.88 Å². The summed E-state index contributed by atoms with van der Waals surface area (Å²) in [4.78, 5) is 12.0. The molecule has 0 fully saturated rings. The lowest BCUT2D eigenvalue weighted by Crippen LogP contribution is -2.29. The van der Waals surface area contributed by atoms with E-state index in [0.717, 1.165) is 18.1 Å². The van der Waals surface area contributed by atoms with Crippen molar-refractivity contribution < 1.29 is 4.79 Å². The molecule has 1 N–H and O–H groups in total. The SMILES string of the molecule is CCCCCCCCCCCCCCCCCC(=O)NC[S+](C)Cc1ccccc1. The van der Waals surface area contributed by atoms with Crippen molar-refractivity contribution in [1.82, 2.24) is 5.32 Å². The lowest BCUT2D eigenvalue weighted by Gasteiger charge is -2.06. The molecule has 1 rings (SSSR count). The monoisotopic (exact) mass is 434 g/mol. The summed E-state index contributed by atoms with van der Waals surface area (Å²) < 4.78 is 0. The lowest BCUT2D eigenvalue weighted by molar-refractivity contribution is -0.120. The van der Waals surface area contributed by atoms with Gasteiger partial charge in [0.2, 0.25) is 5.91 Å². The zero-order chi connectivity index (χ0) is 21.7. The maximum atomic E-state index is 12.0. The quantitative estimate of drug-likeness (QED) is 0.165. The molecule has 0 aromatic heterocycles. The Bertz CT molecular complexity index is 505. The van der Waals surface area contributed by atoms with Crippen molar-refractivity contribution in [2.24, 2.45) is 0 Å². The summed E-state index contributed by atoms with van der Waals surface area (Å²) in [6, 6.07) is 10.6. The van der Waals surface area contributed by atoms with Crippen LogP contribution in [0.15, 0.2) is 30.3 Å². The van der Waals surface area contributed by atoms with Crippen LogP contribution in [0.2, 0.25) is 0 Å². The minimum atomic E-state index is 0.208. The molecule has 3 heteroatoms. The Labute approximate surface area is 190 Å². The first-order valence-corrected chi connectivity index (χ1v) is 14.6. The molecule has 1 aromatic rings. The van der Waals surface area contributed by atoms with Gasteiger partial charge in [-0.05, 0) is 6.42 Å². The number of hydrogen-bond acceptors (Lipinski definition) is 1. The number of benzene rings is 1. The zero-order valence-corrected chi connectivity index (χ0v) is 20.7. The van der Waals surface area contributed by atoms with Crippen molar-refractivity contribution >= 4 is 16.8 Å². The molecule has 0 saturated carbocycles. The molecule has 172 valence electrons. The van der Waals surface area contributed by atoms with Crippen LogP contribution in [0.1, 0.15) is 115 Å². The van der Waals surface area contributed by atoms with Gasteiger partial charge in [0, 0.05) is 22.9 Å². The summed E-state index contributed by atoms with van der Waals surface area (Å²) in [6.07, 6.45) is 23.4. The molecule has 1 unspecified atom stereocenters. The van der Waals surface area contributed by atoms with Crippen LogP contribution in [0.5, 0.6) is 0 Å². The third kappa shape index (κ3) is 16.8. The maximum absolute atomic E-state index is 12.0. The van der Waals surface area contributed by atoms with Gasteiger partial charge in [0.05, 0.1) is 6.26 Å². The Hall–Kier alpha value is -0.960. The maximum Gasteiger partial charge on any atom is 0.223 e. The van der Waals surface area contributed by atoms with Crippen LogP contribution in [-0.4, -0.2) is 18.0 Å². The Morgan fingerprint density at radius 3 is 1.70 bits per heavy atom. The second kappa shape index (κ2) is 20.0. The van der Waals surface area contributed by atoms with Crippen molar-refractivity contribution in [1.29, 1.82) is 0 Å². The summed E-state index contributed by atoms with van der Waals surface area (Å²) in [6.45, 7) is 2.28. The highest BCUT2D eigenvalue weighted by atomic mass is 32.2. The largest absolute Gasteiger partial charge is 0.314 e. The fourth-order valence-electron chi connectivity index (χ4n) is 3.86. The third-order valence-corrected chi connectivity index (χ3v) is 7.24. The van der Waals surface area contributed by atoms with E-state index in [0.29, 0.717) is 6.42 Å². The zero-order valence-electron chi connectivity index (χ0n) is 19.9. The van der Waals surface area contributed by atoms with Gasteiger partial charge in [-0.1, -0.05) is 127 Å². The van der Waals surface area contributed by atoms with Gasteiger partial charge < -0.3 is 5.32 Å². The van der Waals surface area contributed by atoms with E-state index < -0.39 is 0 Å². The van der Waals surface area contributed by atoms with E-state index in [9.17, 15) is 4.79 Å². The van der Waals surface area contributed by atoms with Crippen LogP contribution in [-0.2, 0) is 21.4 Å². The molecule has 0 aliphatic carbocycles. The fourth-order valence-corrected chi connectivity index (χ4v) is 5.13. The topological polar surface area (TPSA) is 29.1 Å². The van der Waals surface area contributed by atoms with Crippen molar-refractivity contribution in [2.45, 2.75) is 115 Å². The molecular weight excluding hydrogens is 386 g/mol. The summed E-state index contributed by atoms with van der Waals surface area (Å²) in [7, 11) is 0.208. The van der Waals surface area contributed by atoms with E-state index in [2.05, 4.69) is 48.8 Å². The molecular formula is C27H48NOS+. The highest BCUT2D eigenvalue weighted by Crippen LogP contribution is 2.13. The predicted octanol–water partition coefficient (Wildman–Crippen LogP) is 7.77. The minimum Gasteiger partial charge on any atom is -0.314 e. The van der Waals surface area contributed by atoms with Crippen LogP contribution >= 0.6 is 0 Å². The molecule has 2 nitrogen and oxygen atoms in total. The molecule has 0 spiro atoms. The van der Waals surface area contributed by atoms with Gasteiger partial charge in [-0.25, -0.2) is 0 Å². The second-order valence-electron chi connectivity index (χ2n) is 8.86. The Morgan fingerprint density at radius 1 is 0.733 bits per heavy atom. The standard InChI is InChI=1S/C27H47NOS/c1-3-4-5-6-7-8-9-10-11-12-13-14-15-16-20-23-27(29)28-25-30(2)24-26-21-18-17-19-22-26/h17-19,21-22H,3-16,20,23-25H2,1-2H3/p+1. The summed E-state index contributed by atoms with van der Waals surface area (Å²) in [5, 5.41) is 3.13. The smallest absolute Gasteiger partial charge is 0.223 e. The lowest BCUT2D eigenvalue weighted by atomic mass is 10.0. The molecule has 1 atom stereocenters. The Morgan fingerprint density at radius 2 is 1.20 bits per heavy atom. The van der Waals surface area contributed by atoms with Crippen molar-refractivity contribution in [3.8, 4) is 0 Å². The summed E-state index contributed by atoms with van der Waals surface area (Å²) in [5.41, 5.74) is 1.36. The van der Waals surface area contributed by atoms with Gasteiger partial charge in [-0.15, -0.1) is 0 Å². The van der Waals surface area contributed by atoms with Crippen LogP contribution in [0.3, 0.4) is 0 Å². The number of unbranched alkanes of at least 4 members (excludes halogenated alkanes) is 14. The first-order chi connectivity index (χ1) is 14.7. The average molecular weight is 435 g/mol. The fraction of sp³-hybridized carbons (Fsp3) is 0.741. The normalized spacial score (nSPS) is 12.1. The highest BCUT2D eigenvalue weighted by molar-refractivity contribution is 7.95. The predicted molar refractivity (Wildman–Crippen MR) is 136 cm³/mol.